The van der Waals surface area contributed by atoms with Crippen LogP contribution in [0.3, 0.4) is 0 Å². The summed E-state index contributed by atoms with van der Waals surface area (Å²) in [4.78, 5) is 25.1. The topological polar surface area (TPSA) is 49.4 Å². The SMILES string of the molecule is CC1(C)CCCN1C(=O)C1CNC(=O)C1. The van der Waals surface area contributed by atoms with Gasteiger partial charge in [-0.25, -0.2) is 0 Å². The van der Waals surface area contributed by atoms with Gasteiger partial charge in [0.15, 0.2) is 0 Å². The van der Waals surface area contributed by atoms with E-state index in [4.69, 9.17) is 0 Å². The van der Waals surface area contributed by atoms with Gasteiger partial charge in [0.05, 0.1) is 5.92 Å². The van der Waals surface area contributed by atoms with Crippen LogP contribution in [0.25, 0.3) is 0 Å². The van der Waals surface area contributed by atoms with E-state index < -0.39 is 0 Å². The summed E-state index contributed by atoms with van der Waals surface area (Å²) in [6.45, 7) is 5.56. The monoisotopic (exact) mass is 210 g/mol. The first kappa shape index (κ1) is 10.5. The smallest absolute Gasteiger partial charge is 0.228 e. The number of nitrogens with zero attached hydrogens (tertiary/aromatic N) is 1. The second kappa shape index (κ2) is 3.51. The van der Waals surface area contributed by atoms with E-state index in [9.17, 15) is 9.59 Å². The van der Waals surface area contributed by atoms with E-state index in [1.165, 1.54) is 0 Å². The Morgan fingerprint density at radius 3 is 2.73 bits per heavy atom. The van der Waals surface area contributed by atoms with E-state index in [0.29, 0.717) is 13.0 Å². The summed E-state index contributed by atoms with van der Waals surface area (Å²) >= 11 is 0. The van der Waals surface area contributed by atoms with E-state index in [2.05, 4.69) is 19.2 Å². The molecule has 0 saturated carbocycles. The number of rotatable bonds is 1. The van der Waals surface area contributed by atoms with Crippen molar-refractivity contribution < 1.29 is 9.59 Å². The fourth-order valence-electron chi connectivity index (χ4n) is 2.52. The van der Waals surface area contributed by atoms with Crippen molar-refractivity contribution in [1.82, 2.24) is 10.2 Å². The predicted octanol–water partition coefficient (Wildman–Crippen LogP) is 0.524. The van der Waals surface area contributed by atoms with Crippen molar-refractivity contribution in [2.75, 3.05) is 13.1 Å². The molecule has 4 heteroatoms. The van der Waals surface area contributed by atoms with Gasteiger partial charge in [0.25, 0.3) is 0 Å². The van der Waals surface area contributed by atoms with Crippen molar-refractivity contribution in [1.29, 1.82) is 0 Å². The Morgan fingerprint density at radius 1 is 1.53 bits per heavy atom. The predicted molar refractivity (Wildman–Crippen MR) is 56.1 cm³/mol. The number of likely N-dealkylation sites (tertiary alicyclic amines) is 1. The molecular weight excluding hydrogens is 192 g/mol. The van der Waals surface area contributed by atoms with Crippen LogP contribution < -0.4 is 5.32 Å². The maximum absolute atomic E-state index is 12.1. The summed E-state index contributed by atoms with van der Waals surface area (Å²) in [5, 5.41) is 2.71. The van der Waals surface area contributed by atoms with E-state index in [1.54, 1.807) is 0 Å². The molecule has 2 rings (SSSR count). The zero-order chi connectivity index (χ0) is 11.1. The second-order valence-corrected chi connectivity index (χ2v) is 5.11. The Kier molecular flexibility index (Phi) is 2.44. The van der Waals surface area contributed by atoms with Crippen LogP contribution in [0.1, 0.15) is 33.1 Å². The molecule has 2 saturated heterocycles. The fraction of sp³-hybridized carbons (Fsp3) is 0.818. The van der Waals surface area contributed by atoms with Crippen molar-refractivity contribution in [2.45, 2.75) is 38.6 Å². The first-order chi connectivity index (χ1) is 7.00. The third-order valence-electron chi connectivity index (χ3n) is 3.49. The molecule has 2 aliphatic heterocycles. The molecule has 1 unspecified atom stereocenters. The minimum atomic E-state index is -0.130. The molecule has 0 aliphatic carbocycles. The molecule has 0 aromatic carbocycles. The number of carbonyl (C=O) groups is 2. The van der Waals surface area contributed by atoms with Crippen LogP contribution in [0.4, 0.5) is 0 Å². The van der Waals surface area contributed by atoms with Crippen LogP contribution in [-0.4, -0.2) is 35.3 Å². The molecule has 0 aromatic heterocycles. The van der Waals surface area contributed by atoms with E-state index in [1.807, 2.05) is 4.90 Å². The summed E-state index contributed by atoms with van der Waals surface area (Å²) in [7, 11) is 0. The van der Waals surface area contributed by atoms with Crippen molar-refractivity contribution in [3.63, 3.8) is 0 Å². The van der Waals surface area contributed by atoms with Gasteiger partial charge in [-0.05, 0) is 26.7 Å². The molecule has 0 bridgehead atoms. The molecule has 84 valence electrons. The lowest BCUT2D eigenvalue weighted by Crippen LogP contribution is -2.46. The Labute approximate surface area is 90.0 Å². The summed E-state index contributed by atoms with van der Waals surface area (Å²) in [6, 6.07) is 0. The van der Waals surface area contributed by atoms with Crippen molar-refractivity contribution in [2.24, 2.45) is 5.92 Å². The molecule has 2 amide bonds. The molecule has 4 nitrogen and oxygen atoms in total. The highest BCUT2D eigenvalue weighted by atomic mass is 16.2. The van der Waals surface area contributed by atoms with Crippen LogP contribution >= 0.6 is 0 Å². The molecule has 1 atom stereocenters. The lowest BCUT2D eigenvalue weighted by molar-refractivity contribution is -0.138. The minimum absolute atomic E-state index is 0.00496. The average Bonchev–Trinajstić information content (AvgIpc) is 2.70. The van der Waals surface area contributed by atoms with Gasteiger partial charge in [0.2, 0.25) is 11.8 Å². The van der Waals surface area contributed by atoms with Crippen LogP contribution in [-0.2, 0) is 9.59 Å². The molecule has 0 aromatic rings. The standard InChI is InChI=1S/C11H18N2O2/c1-11(2)4-3-5-13(11)10(15)8-6-9(14)12-7-8/h8H,3-7H2,1-2H3,(H,12,14). The van der Waals surface area contributed by atoms with E-state index in [0.717, 1.165) is 19.4 Å². The molecule has 0 spiro atoms. The summed E-state index contributed by atoms with van der Waals surface area (Å²) in [5.74, 6) is 0.0241. The lowest BCUT2D eigenvalue weighted by atomic mass is 9.99. The summed E-state index contributed by atoms with van der Waals surface area (Å²) in [5.41, 5.74) is -0.0251. The maximum Gasteiger partial charge on any atom is 0.228 e. The number of hydrogen-bond donors (Lipinski definition) is 1. The molecule has 1 N–H and O–H groups in total. The highest BCUT2D eigenvalue weighted by Crippen LogP contribution is 2.30. The first-order valence-electron chi connectivity index (χ1n) is 5.59. The Hall–Kier alpha value is -1.06. The Balaban J connectivity index is 2.05. The lowest BCUT2D eigenvalue weighted by Gasteiger charge is -2.33. The molecule has 2 aliphatic rings. The quantitative estimate of drug-likeness (QED) is 0.686. The van der Waals surface area contributed by atoms with Crippen molar-refractivity contribution in [3.05, 3.63) is 0 Å². The van der Waals surface area contributed by atoms with Crippen molar-refractivity contribution in [3.8, 4) is 0 Å². The maximum atomic E-state index is 12.1. The largest absolute Gasteiger partial charge is 0.355 e. The third kappa shape index (κ3) is 1.85. The van der Waals surface area contributed by atoms with Gasteiger partial charge < -0.3 is 10.2 Å². The average molecular weight is 210 g/mol. The summed E-state index contributed by atoms with van der Waals surface area (Å²) in [6.07, 6.45) is 2.51. The van der Waals surface area contributed by atoms with Gasteiger partial charge in [0.1, 0.15) is 0 Å². The molecule has 0 radical (unpaired) electrons. The molecule has 2 fully saturated rings. The van der Waals surface area contributed by atoms with E-state index in [-0.39, 0.29) is 23.3 Å². The second-order valence-electron chi connectivity index (χ2n) is 5.11. The summed E-state index contributed by atoms with van der Waals surface area (Å²) < 4.78 is 0. The number of hydrogen-bond acceptors (Lipinski definition) is 2. The van der Waals surface area contributed by atoms with Crippen molar-refractivity contribution >= 4 is 11.8 Å². The van der Waals surface area contributed by atoms with Crippen LogP contribution in [0.5, 0.6) is 0 Å². The minimum Gasteiger partial charge on any atom is -0.355 e. The normalized spacial score (nSPS) is 29.3. The van der Waals surface area contributed by atoms with Crippen LogP contribution in [0, 0.1) is 5.92 Å². The van der Waals surface area contributed by atoms with Gasteiger partial charge in [0, 0.05) is 25.0 Å². The molecule has 2 heterocycles. The van der Waals surface area contributed by atoms with Gasteiger partial charge in [-0.2, -0.15) is 0 Å². The van der Waals surface area contributed by atoms with Crippen LogP contribution in [0.2, 0.25) is 0 Å². The number of amides is 2. The Bertz CT molecular complexity index is 299. The van der Waals surface area contributed by atoms with Gasteiger partial charge in [-0.3, -0.25) is 9.59 Å². The van der Waals surface area contributed by atoms with Crippen LogP contribution in [0.15, 0.2) is 0 Å². The number of nitrogens with one attached hydrogen (secondary N) is 1. The zero-order valence-electron chi connectivity index (χ0n) is 9.38. The fourth-order valence-corrected chi connectivity index (χ4v) is 2.52. The molecular formula is C11H18N2O2. The first-order valence-corrected chi connectivity index (χ1v) is 5.59. The Morgan fingerprint density at radius 2 is 2.27 bits per heavy atom. The molecule has 15 heavy (non-hydrogen) atoms. The highest BCUT2D eigenvalue weighted by Gasteiger charge is 2.40. The third-order valence-corrected chi connectivity index (χ3v) is 3.49. The van der Waals surface area contributed by atoms with Gasteiger partial charge in [-0.15, -0.1) is 0 Å². The van der Waals surface area contributed by atoms with E-state index >= 15 is 0 Å². The number of carbonyl (C=O) groups excluding carboxylic acids is 2. The van der Waals surface area contributed by atoms with Gasteiger partial charge >= 0.3 is 0 Å². The zero-order valence-corrected chi connectivity index (χ0v) is 9.38. The van der Waals surface area contributed by atoms with Gasteiger partial charge in [-0.1, -0.05) is 0 Å². The highest BCUT2D eigenvalue weighted by molar-refractivity contribution is 5.89.